The van der Waals surface area contributed by atoms with Crippen LogP contribution < -0.4 is 5.32 Å². The Bertz CT molecular complexity index is 547. The van der Waals surface area contributed by atoms with Crippen molar-refractivity contribution in [2.24, 2.45) is 0 Å². The fourth-order valence-corrected chi connectivity index (χ4v) is 1.88. The smallest absolute Gasteiger partial charge is 0.251 e. The SMILES string of the molecule is CC[C@H](CO)NC(=O)c1ccc2ccccc2c1. The Morgan fingerprint density at radius 1 is 1.22 bits per heavy atom. The van der Waals surface area contributed by atoms with Crippen LogP contribution in [0.5, 0.6) is 0 Å². The molecule has 0 bridgehead atoms. The van der Waals surface area contributed by atoms with Crippen LogP contribution in [0.4, 0.5) is 0 Å². The van der Waals surface area contributed by atoms with Gasteiger partial charge < -0.3 is 10.4 Å². The zero-order chi connectivity index (χ0) is 13.0. The molecule has 0 aliphatic rings. The third-order valence-electron chi connectivity index (χ3n) is 3.06. The van der Waals surface area contributed by atoms with E-state index in [0.717, 1.165) is 17.2 Å². The molecule has 94 valence electrons. The molecule has 0 aromatic heterocycles. The molecule has 0 saturated carbocycles. The maximum atomic E-state index is 12.0. The molecular formula is C15H17NO2. The minimum Gasteiger partial charge on any atom is -0.394 e. The Hall–Kier alpha value is -1.87. The highest BCUT2D eigenvalue weighted by atomic mass is 16.3. The van der Waals surface area contributed by atoms with Gasteiger partial charge in [0, 0.05) is 5.56 Å². The van der Waals surface area contributed by atoms with Crippen molar-refractivity contribution >= 4 is 16.7 Å². The molecule has 1 amide bonds. The fraction of sp³-hybridized carbons (Fsp3) is 0.267. The molecule has 2 aromatic carbocycles. The van der Waals surface area contributed by atoms with Crippen molar-refractivity contribution in [2.75, 3.05) is 6.61 Å². The van der Waals surface area contributed by atoms with Crippen LogP contribution in [0.1, 0.15) is 23.7 Å². The molecule has 2 N–H and O–H groups in total. The molecule has 0 spiro atoms. The third-order valence-corrected chi connectivity index (χ3v) is 3.06. The summed E-state index contributed by atoms with van der Waals surface area (Å²) in [7, 11) is 0. The van der Waals surface area contributed by atoms with Gasteiger partial charge in [0.1, 0.15) is 0 Å². The van der Waals surface area contributed by atoms with Crippen molar-refractivity contribution in [1.82, 2.24) is 5.32 Å². The molecule has 0 aliphatic heterocycles. The van der Waals surface area contributed by atoms with Crippen molar-refractivity contribution in [3.8, 4) is 0 Å². The molecule has 2 rings (SSSR count). The highest BCUT2D eigenvalue weighted by Crippen LogP contribution is 2.15. The van der Waals surface area contributed by atoms with E-state index in [1.165, 1.54) is 0 Å². The fourth-order valence-electron chi connectivity index (χ4n) is 1.88. The first-order valence-electron chi connectivity index (χ1n) is 6.15. The predicted molar refractivity (Wildman–Crippen MR) is 72.6 cm³/mol. The second-order valence-electron chi connectivity index (χ2n) is 4.32. The number of amides is 1. The van der Waals surface area contributed by atoms with Gasteiger partial charge >= 0.3 is 0 Å². The Balaban J connectivity index is 2.22. The van der Waals surface area contributed by atoms with Gasteiger partial charge in [-0.15, -0.1) is 0 Å². The van der Waals surface area contributed by atoms with Crippen molar-refractivity contribution in [1.29, 1.82) is 0 Å². The van der Waals surface area contributed by atoms with E-state index < -0.39 is 0 Å². The first-order valence-corrected chi connectivity index (χ1v) is 6.15. The van der Waals surface area contributed by atoms with Crippen LogP contribution >= 0.6 is 0 Å². The molecule has 3 heteroatoms. The second kappa shape index (κ2) is 5.65. The summed E-state index contributed by atoms with van der Waals surface area (Å²) in [6.07, 6.45) is 0.718. The van der Waals surface area contributed by atoms with Crippen LogP contribution in [0, 0.1) is 0 Å². The number of aliphatic hydroxyl groups excluding tert-OH is 1. The summed E-state index contributed by atoms with van der Waals surface area (Å²) in [5, 5.41) is 14.0. The van der Waals surface area contributed by atoms with E-state index in [1.54, 1.807) is 0 Å². The average molecular weight is 243 g/mol. The molecule has 18 heavy (non-hydrogen) atoms. The summed E-state index contributed by atoms with van der Waals surface area (Å²) in [5.41, 5.74) is 0.626. The third kappa shape index (κ3) is 2.68. The van der Waals surface area contributed by atoms with E-state index in [0.29, 0.717) is 5.56 Å². The molecule has 0 radical (unpaired) electrons. The molecule has 0 saturated heterocycles. The Morgan fingerprint density at radius 3 is 2.61 bits per heavy atom. The molecule has 0 fully saturated rings. The number of rotatable bonds is 4. The quantitative estimate of drug-likeness (QED) is 0.866. The summed E-state index contributed by atoms with van der Waals surface area (Å²) in [6, 6.07) is 13.4. The van der Waals surface area contributed by atoms with Gasteiger partial charge in [0.25, 0.3) is 5.91 Å². The second-order valence-corrected chi connectivity index (χ2v) is 4.32. The molecule has 3 nitrogen and oxygen atoms in total. The number of benzene rings is 2. The van der Waals surface area contributed by atoms with Gasteiger partial charge in [0.2, 0.25) is 0 Å². The number of hydrogen-bond acceptors (Lipinski definition) is 2. The summed E-state index contributed by atoms with van der Waals surface area (Å²) >= 11 is 0. The first-order chi connectivity index (χ1) is 8.74. The summed E-state index contributed by atoms with van der Waals surface area (Å²) in [4.78, 5) is 12.0. The van der Waals surface area contributed by atoms with E-state index >= 15 is 0 Å². The van der Waals surface area contributed by atoms with Crippen molar-refractivity contribution < 1.29 is 9.90 Å². The molecule has 0 aliphatic carbocycles. The topological polar surface area (TPSA) is 49.3 Å². The lowest BCUT2D eigenvalue weighted by Crippen LogP contribution is -2.36. The standard InChI is InChI=1S/C15H17NO2/c1-2-14(10-17)16-15(18)13-8-7-11-5-3-4-6-12(11)9-13/h3-9,14,17H,2,10H2,1H3,(H,16,18)/t14-/m1/s1. The Labute approximate surface area is 106 Å². The summed E-state index contributed by atoms with van der Waals surface area (Å²) in [5.74, 6) is -0.137. The van der Waals surface area contributed by atoms with Crippen LogP contribution in [-0.4, -0.2) is 23.7 Å². The monoisotopic (exact) mass is 243 g/mol. The van der Waals surface area contributed by atoms with Gasteiger partial charge in [0.05, 0.1) is 12.6 Å². The normalized spacial score (nSPS) is 12.3. The van der Waals surface area contributed by atoms with Gasteiger partial charge in [-0.2, -0.15) is 0 Å². The first kappa shape index (κ1) is 12.6. The van der Waals surface area contributed by atoms with E-state index in [9.17, 15) is 4.79 Å². The van der Waals surface area contributed by atoms with Gasteiger partial charge in [-0.05, 0) is 29.3 Å². The Morgan fingerprint density at radius 2 is 1.94 bits per heavy atom. The van der Waals surface area contributed by atoms with Gasteiger partial charge in [0.15, 0.2) is 0 Å². The van der Waals surface area contributed by atoms with E-state index in [4.69, 9.17) is 5.11 Å². The summed E-state index contributed by atoms with van der Waals surface area (Å²) < 4.78 is 0. The number of carbonyl (C=O) groups is 1. The van der Waals surface area contributed by atoms with Crippen molar-refractivity contribution in [3.63, 3.8) is 0 Å². The number of carbonyl (C=O) groups excluding carboxylic acids is 1. The lowest BCUT2D eigenvalue weighted by Gasteiger charge is -2.14. The Kier molecular flexibility index (Phi) is 3.95. The van der Waals surface area contributed by atoms with Crippen LogP contribution in [0.3, 0.4) is 0 Å². The summed E-state index contributed by atoms with van der Waals surface area (Å²) in [6.45, 7) is 1.90. The van der Waals surface area contributed by atoms with Crippen molar-refractivity contribution in [3.05, 3.63) is 48.0 Å². The average Bonchev–Trinajstić information content (AvgIpc) is 2.44. The number of aliphatic hydroxyl groups is 1. The van der Waals surface area contributed by atoms with E-state index in [2.05, 4.69) is 5.32 Å². The minimum absolute atomic E-state index is 0.0319. The van der Waals surface area contributed by atoms with Crippen LogP contribution in [0.15, 0.2) is 42.5 Å². The number of nitrogens with one attached hydrogen (secondary N) is 1. The maximum absolute atomic E-state index is 12.0. The van der Waals surface area contributed by atoms with E-state index in [1.807, 2.05) is 49.4 Å². The lowest BCUT2D eigenvalue weighted by atomic mass is 10.1. The molecule has 0 heterocycles. The highest BCUT2D eigenvalue weighted by Gasteiger charge is 2.11. The predicted octanol–water partition coefficient (Wildman–Crippen LogP) is 2.34. The molecule has 0 unspecified atom stereocenters. The zero-order valence-electron chi connectivity index (χ0n) is 10.4. The molecule has 2 aromatic rings. The number of fused-ring (bicyclic) bond motifs is 1. The minimum atomic E-state index is -0.177. The van der Waals surface area contributed by atoms with Gasteiger partial charge in [-0.3, -0.25) is 4.79 Å². The van der Waals surface area contributed by atoms with E-state index in [-0.39, 0.29) is 18.6 Å². The largest absolute Gasteiger partial charge is 0.394 e. The number of hydrogen-bond donors (Lipinski definition) is 2. The zero-order valence-corrected chi connectivity index (χ0v) is 10.4. The van der Waals surface area contributed by atoms with Crippen molar-refractivity contribution in [2.45, 2.75) is 19.4 Å². The van der Waals surface area contributed by atoms with Gasteiger partial charge in [-0.25, -0.2) is 0 Å². The maximum Gasteiger partial charge on any atom is 0.251 e. The molecule has 1 atom stereocenters. The van der Waals surface area contributed by atoms with Gasteiger partial charge in [-0.1, -0.05) is 37.3 Å². The van der Waals surface area contributed by atoms with Crippen LogP contribution in [-0.2, 0) is 0 Å². The molecular weight excluding hydrogens is 226 g/mol. The van der Waals surface area contributed by atoms with Crippen LogP contribution in [0.2, 0.25) is 0 Å². The lowest BCUT2D eigenvalue weighted by molar-refractivity contribution is 0.0915. The highest BCUT2D eigenvalue weighted by molar-refractivity contribution is 5.98. The van der Waals surface area contributed by atoms with Crippen LogP contribution in [0.25, 0.3) is 10.8 Å².